The molecule has 0 aliphatic heterocycles. The fraction of sp³-hybridized carbons (Fsp3) is 0.600. The summed E-state index contributed by atoms with van der Waals surface area (Å²) in [6.45, 7) is 11.6. The number of benzene rings is 1. The lowest BCUT2D eigenvalue weighted by atomic mass is 10.0. The molecule has 1 aromatic rings. The van der Waals surface area contributed by atoms with Crippen molar-refractivity contribution in [2.45, 2.75) is 46.2 Å². The molecule has 0 heterocycles. The summed E-state index contributed by atoms with van der Waals surface area (Å²) in [6.07, 6.45) is 1.16. The standard InChI is InChI=1S/C15H26N2/c1-5-9-17(15(3,4)12-16)11-14-8-6-7-13(2)10-14/h6-8,10H,5,9,11-12,16H2,1-4H3. The Balaban J connectivity index is 2.80. The molecule has 0 aromatic heterocycles. The number of nitrogens with zero attached hydrogens (tertiary/aromatic N) is 1. The van der Waals surface area contributed by atoms with Crippen LogP contribution < -0.4 is 5.73 Å². The maximum atomic E-state index is 5.88. The first-order valence-electron chi connectivity index (χ1n) is 6.50. The van der Waals surface area contributed by atoms with Gasteiger partial charge in [-0.3, -0.25) is 4.90 Å². The molecule has 0 aliphatic carbocycles. The second kappa shape index (κ2) is 6.18. The summed E-state index contributed by atoms with van der Waals surface area (Å²) < 4.78 is 0. The van der Waals surface area contributed by atoms with Gasteiger partial charge in [0.2, 0.25) is 0 Å². The Morgan fingerprint density at radius 2 is 2.00 bits per heavy atom. The van der Waals surface area contributed by atoms with Crippen LogP contribution in [0.15, 0.2) is 24.3 Å². The third-order valence-corrected chi connectivity index (χ3v) is 3.31. The molecule has 0 spiro atoms. The highest BCUT2D eigenvalue weighted by Gasteiger charge is 2.24. The van der Waals surface area contributed by atoms with Gasteiger partial charge in [0, 0.05) is 18.6 Å². The Bertz CT molecular complexity index is 345. The molecule has 1 aromatic carbocycles. The van der Waals surface area contributed by atoms with Gasteiger partial charge in [-0.25, -0.2) is 0 Å². The normalized spacial score (nSPS) is 12.1. The van der Waals surface area contributed by atoms with Crippen molar-refractivity contribution >= 4 is 0 Å². The van der Waals surface area contributed by atoms with Gasteiger partial charge in [-0.2, -0.15) is 0 Å². The van der Waals surface area contributed by atoms with E-state index in [2.05, 4.69) is 56.9 Å². The minimum atomic E-state index is 0.0692. The molecule has 0 fully saturated rings. The van der Waals surface area contributed by atoms with Gasteiger partial charge in [0.05, 0.1) is 0 Å². The van der Waals surface area contributed by atoms with E-state index in [-0.39, 0.29) is 5.54 Å². The van der Waals surface area contributed by atoms with E-state index < -0.39 is 0 Å². The smallest absolute Gasteiger partial charge is 0.0278 e. The van der Waals surface area contributed by atoms with Gasteiger partial charge in [-0.1, -0.05) is 36.8 Å². The van der Waals surface area contributed by atoms with E-state index in [0.29, 0.717) is 6.54 Å². The Labute approximate surface area is 106 Å². The molecule has 1 rings (SSSR count). The predicted molar refractivity (Wildman–Crippen MR) is 75.0 cm³/mol. The van der Waals surface area contributed by atoms with Gasteiger partial charge in [0.1, 0.15) is 0 Å². The molecule has 0 radical (unpaired) electrons. The minimum absolute atomic E-state index is 0.0692. The molecule has 0 unspecified atom stereocenters. The lowest BCUT2D eigenvalue weighted by Crippen LogP contribution is -2.49. The first-order valence-corrected chi connectivity index (χ1v) is 6.50. The summed E-state index contributed by atoms with van der Waals surface area (Å²) in [6, 6.07) is 8.73. The lowest BCUT2D eigenvalue weighted by molar-refractivity contribution is 0.118. The van der Waals surface area contributed by atoms with Gasteiger partial charge in [-0.15, -0.1) is 0 Å². The van der Waals surface area contributed by atoms with Crippen LogP contribution in [0.25, 0.3) is 0 Å². The van der Waals surface area contributed by atoms with Gasteiger partial charge in [0.25, 0.3) is 0 Å². The van der Waals surface area contributed by atoms with Crippen molar-refractivity contribution in [3.8, 4) is 0 Å². The molecule has 0 bridgehead atoms. The minimum Gasteiger partial charge on any atom is -0.329 e. The number of hydrogen-bond acceptors (Lipinski definition) is 2. The van der Waals surface area contributed by atoms with E-state index >= 15 is 0 Å². The Morgan fingerprint density at radius 3 is 2.53 bits per heavy atom. The maximum absolute atomic E-state index is 5.88. The van der Waals surface area contributed by atoms with Crippen LogP contribution in [0.2, 0.25) is 0 Å². The number of rotatable bonds is 6. The molecular formula is C15H26N2. The highest BCUT2D eigenvalue weighted by molar-refractivity contribution is 5.22. The van der Waals surface area contributed by atoms with Crippen molar-refractivity contribution in [1.82, 2.24) is 4.90 Å². The average Bonchev–Trinajstić information content (AvgIpc) is 2.28. The third kappa shape index (κ3) is 4.14. The quantitative estimate of drug-likeness (QED) is 0.820. The third-order valence-electron chi connectivity index (χ3n) is 3.31. The SMILES string of the molecule is CCCN(Cc1cccc(C)c1)C(C)(C)CN. The molecule has 0 amide bonds. The second-order valence-corrected chi connectivity index (χ2v) is 5.43. The van der Waals surface area contributed by atoms with Gasteiger partial charge in [-0.05, 0) is 39.3 Å². The fourth-order valence-electron chi connectivity index (χ4n) is 2.03. The van der Waals surface area contributed by atoms with Crippen LogP contribution >= 0.6 is 0 Å². The number of nitrogens with two attached hydrogens (primary N) is 1. The summed E-state index contributed by atoms with van der Waals surface area (Å²) in [5.41, 5.74) is 8.65. The van der Waals surface area contributed by atoms with E-state index in [9.17, 15) is 0 Å². The van der Waals surface area contributed by atoms with Crippen LogP contribution in [0.3, 0.4) is 0 Å². The lowest BCUT2D eigenvalue weighted by Gasteiger charge is -2.37. The molecule has 2 nitrogen and oxygen atoms in total. The van der Waals surface area contributed by atoms with Gasteiger partial charge >= 0.3 is 0 Å². The highest BCUT2D eigenvalue weighted by Crippen LogP contribution is 2.17. The number of aryl methyl sites for hydroxylation is 1. The van der Waals surface area contributed by atoms with E-state index in [1.54, 1.807) is 0 Å². The largest absolute Gasteiger partial charge is 0.329 e. The predicted octanol–water partition coefficient (Wildman–Crippen LogP) is 2.94. The molecule has 96 valence electrons. The van der Waals surface area contributed by atoms with Crippen molar-refractivity contribution in [1.29, 1.82) is 0 Å². The van der Waals surface area contributed by atoms with Crippen LogP contribution in [0.4, 0.5) is 0 Å². The molecule has 0 aliphatic rings. The topological polar surface area (TPSA) is 29.3 Å². The van der Waals surface area contributed by atoms with E-state index in [0.717, 1.165) is 19.5 Å². The summed E-state index contributed by atoms with van der Waals surface area (Å²) in [4.78, 5) is 2.47. The molecule has 17 heavy (non-hydrogen) atoms. The summed E-state index contributed by atoms with van der Waals surface area (Å²) in [5, 5.41) is 0. The molecular weight excluding hydrogens is 208 g/mol. The van der Waals surface area contributed by atoms with Crippen molar-refractivity contribution in [2.24, 2.45) is 5.73 Å². The number of hydrogen-bond donors (Lipinski definition) is 1. The first-order chi connectivity index (χ1) is 7.99. The monoisotopic (exact) mass is 234 g/mol. The van der Waals surface area contributed by atoms with Crippen molar-refractivity contribution in [3.63, 3.8) is 0 Å². The zero-order chi connectivity index (χ0) is 12.9. The Morgan fingerprint density at radius 1 is 1.29 bits per heavy atom. The van der Waals surface area contributed by atoms with Crippen molar-refractivity contribution < 1.29 is 0 Å². The average molecular weight is 234 g/mol. The van der Waals surface area contributed by atoms with Crippen molar-refractivity contribution in [3.05, 3.63) is 35.4 Å². The summed E-state index contributed by atoms with van der Waals surface area (Å²) in [5.74, 6) is 0. The fourth-order valence-corrected chi connectivity index (χ4v) is 2.03. The van der Waals surface area contributed by atoms with Gasteiger partial charge in [0.15, 0.2) is 0 Å². The Hall–Kier alpha value is -0.860. The summed E-state index contributed by atoms with van der Waals surface area (Å²) in [7, 11) is 0. The molecule has 0 atom stereocenters. The van der Waals surface area contributed by atoms with E-state index in [1.165, 1.54) is 11.1 Å². The van der Waals surface area contributed by atoms with Crippen LogP contribution in [-0.2, 0) is 6.54 Å². The maximum Gasteiger partial charge on any atom is 0.0278 e. The zero-order valence-electron chi connectivity index (χ0n) is 11.7. The van der Waals surface area contributed by atoms with E-state index in [1.807, 2.05) is 0 Å². The van der Waals surface area contributed by atoms with Gasteiger partial charge < -0.3 is 5.73 Å². The molecule has 0 saturated carbocycles. The highest BCUT2D eigenvalue weighted by atomic mass is 15.2. The summed E-state index contributed by atoms with van der Waals surface area (Å²) >= 11 is 0. The van der Waals surface area contributed by atoms with Crippen LogP contribution in [0.1, 0.15) is 38.3 Å². The van der Waals surface area contributed by atoms with Crippen LogP contribution in [-0.4, -0.2) is 23.5 Å². The molecule has 2 N–H and O–H groups in total. The van der Waals surface area contributed by atoms with Crippen LogP contribution in [0.5, 0.6) is 0 Å². The second-order valence-electron chi connectivity index (χ2n) is 5.43. The molecule has 0 saturated heterocycles. The van der Waals surface area contributed by atoms with E-state index in [4.69, 9.17) is 5.73 Å². The Kier molecular flexibility index (Phi) is 5.16. The zero-order valence-corrected chi connectivity index (χ0v) is 11.7. The van der Waals surface area contributed by atoms with Crippen LogP contribution in [0, 0.1) is 6.92 Å². The first kappa shape index (κ1) is 14.2. The van der Waals surface area contributed by atoms with Crippen molar-refractivity contribution in [2.75, 3.05) is 13.1 Å². The molecule has 2 heteroatoms.